The van der Waals surface area contributed by atoms with Gasteiger partial charge in [-0.05, 0) is 25.2 Å². The van der Waals surface area contributed by atoms with Crippen molar-refractivity contribution >= 4 is 17.8 Å². The fourth-order valence-corrected chi connectivity index (χ4v) is 2.72. The molecule has 1 aliphatic rings. The molecule has 0 saturated carbocycles. The molecule has 1 aliphatic heterocycles. The largest absolute Gasteiger partial charge is 0.469 e. The molecule has 0 bridgehead atoms. The van der Waals surface area contributed by atoms with Crippen molar-refractivity contribution in [3.63, 3.8) is 0 Å². The van der Waals surface area contributed by atoms with Crippen LogP contribution in [-0.2, 0) is 14.3 Å². The molecule has 2 N–H and O–H groups in total. The van der Waals surface area contributed by atoms with Crippen molar-refractivity contribution < 1.29 is 28.3 Å². The van der Waals surface area contributed by atoms with Crippen LogP contribution in [0.4, 0.5) is 4.79 Å². The zero-order chi connectivity index (χ0) is 19.1. The number of ether oxygens (including phenoxy) is 2. The van der Waals surface area contributed by atoms with E-state index < -0.39 is 24.1 Å². The van der Waals surface area contributed by atoms with Crippen molar-refractivity contribution in [3.05, 3.63) is 18.6 Å². The molecule has 144 valence electrons. The van der Waals surface area contributed by atoms with Crippen LogP contribution >= 0.6 is 0 Å². The predicted octanol–water partition coefficient (Wildman–Crippen LogP) is 2.04. The van der Waals surface area contributed by atoms with Crippen LogP contribution in [0.3, 0.4) is 0 Å². The molecule has 2 heterocycles. The Morgan fingerprint density at radius 1 is 1.35 bits per heavy atom. The summed E-state index contributed by atoms with van der Waals surface area (Å²) in [5.41, 5.74) is 0. The molecule has 26 heavy (non-hydrogen) atoms. The van der Waals surface area contributed by atoms with Crippen molar-refractivity contribution in [1.29, 1.82) is 0 Å². The summed E-state index contributed by atoms with van der Waals surface area (Å²) in [6, 6.07) is 0.00632. The van der Waals surface area contributed by atoms with E-state index in [1.54, 1.807) is 0 Å². The van der Waals surface area contributed by atoms with Gasteiger partial charge in [0.1, 0.15) is 25.0 Å². The Kier molecular flexibility index (Phi) is 7.20. The standard InChI is InChI=1S/C18H26N2O6/c1-4-15-16(14(21)10-25-15)20-17(22)13(6-5-11(2)3)19-18(23)26-12-7-8-24-9-12/h7-9,11,13,15-16H,4-6,10H2,1-3H3,(H,19,23)(H,20,22)/t13-,15?,16?/m0/s1. The van der Waals surface area contributed by atoms with Gasteiger partial charge in [-0.1, -0.05) is 20.8 Å². The van der Waals surface area contributed by atoms with Crippen LogP contribution in [0.5, 0.6) is 5.75 Å². The minimum Gasteiger partial charge on any atom is -0.469 e. The van der Waals surface area contributed by atoms with E-state index in [0.29, 0.717) is 18.8 Å². The van der Waals surface area contributed by atoms with Crippen molar-refractivity contribution in [2.24, 2.45) is 5.92 Å². The lowest BCUT2D eigenvalue weighted by atomic mass is 10.0. The smallest absolute Gasteiger partial charge is 0.413 e. The van der Waals surface area contributed by atoms with Gasteiger partial charge in [-0.3, -0.25) is 9.59 Å². The van der Waals surface area contributed by atoms with E-state index in [-0.39, 0.29) is 24.2 Å². The molecule has 8 heteroatoms. The van der Waals surface area contributed by atoms with Crippen molar-refractivity contribution in [2.45, 2.75) is 58.2 Å². The second-order valence-electron chi connectivity index (χ2n) is 6.73. The number of nitrogens with one attached hydrogen (secondary N) is 2. The summed E-state index contributed by atoms with van der Waals surface area (Å²) in [6.07, 6.45) is 3.35. The topological polar surface area (TPSA) is 107 Å². The fraction of sp³-hybridized carbons (Fsp3) is 0.611. The lowest BCUT2D eigenvalue weighted by Crippen LogP contribution is -2.53. The molecular formula is C18H26N2O6. The lowest BCUT2D eigenvalue weighted by molar-refractivity contribution is -0.127. The SMILES string of the molecule is CCC1OCC(=O)C1NC(=O)[C@H](CCC(C)C)NC(=O)Oc1ccoc1. The molecule has 8 nitrogen and oxygen atoms in total. The summed E-state index contributed by atoms with van der Waals surface area (Å²) < 4.78 is 15.3. The average molecular weight is 366 g/mol. The molecule has 1 aromatic heterocycles. The number of Topliss-reactive ketones (excluding diaryl/α,β-unsaturated/α-hetero) is 1. The van der Waals surface area contributed by atoms with Gasteiger partial charge in [-0.15, -0.1) is 0 Å². The highest BCUT2D eigenvalue weighted by atomic mass is 16.6. The van der Waals surface area contributed by atoms with Crippen LogP contribution in [0, 0.1) is 5.92 Å². The van der Waals surface area contributed by atoms with Gasteiger partial charge in [-0.2, -0.15) is 0 Å². The molecule has 2 amide bonds. The number of hydrogen-bond donors (Lipinski definition) is 2. The molecule has 2 rings (SSSR count). The Morgan fingerprint density at radius 3 is 2.73 bits per heavy atom. The van der Waals surface area contributed by atoms with Crippen LogP contribution < -0.4 is 15.4 Å². The third-order valence-corrected chi connectivity index (χ3v) is 4.21. The zero-order valence-electron chi connectivity index (χ0n) is 15.3. The van der Waals surface area contributed by atoms with E-state index >= 15 is 0 Å². The first-order valence-corrected chi connectivity index (χ1v) is 8.86. The first-order valence-electron chi connectivity index (χ1n) is 8.86. The van der Waals surface area contributed by atoms with E-state index in [0.717, 1.165) is 6.42 Å². The molecule has 0 aromatic carbocycles. The molecule has 2 unspecified atom stereocenters. The normalized spacial score (nSPS) is 20.8. The third-order valence-electron chi connectivity index (χ3n) is 4.21. The van der Waals surface area contributed by atoms with E-state index in [4.69, 9.17) is 13.9 Å². The maximum absolute atomic E-state index is 12.6. The van der Waals surface area contributed by atoms with Gasteiger partial charge >= 0.3 is 6.09 Å². The van der Waals surface area contributed by atoms with Gasteiger partial charge < -0.3 is 24.5 Å². The van der Waals surface area contributed by atoms with Crippen LogP contribution in [-0.4, -0.2) is 42.6 Å². The minimum absolute atomic E-state index is 0.00390. The van der Waals surface area contributed by atoms with Crippen molar-refractivity contribution in [1.82, 2.24) is 10.6 Å². The highest BCUT2D eigenvalue weighted by Gasteiger charge is 2.37. The maximum Gasteiger partial charge on any atom is 0.413 e. The molecular weight excluding hydrogens is 340 g/mol. The predicted molar refractivity (Wildman–Crippen MR) is 92.7 cm³/mol. The average Bonchev–Trinajstić information content (AvgIpc) is 3.21. The second-order valence-corrected chi connectivity index (χ2v) is 6.73. The molecule has 0 aliphatic carbocycles. The monoisotopic (exact) mass is 366 g/mol. The Morgan fingerprint density at radius 2 is 2.12 bits per heavy atom. The molecule has 0 radical (unpaired) electrons. The first-order chi connectivity index (χ1) is 12.4. The van der Waals surface area contributed by atoms with Crippen LogP contribution in [0.2, 0.25) is 0 Å². The Labute approximate surface area is 152 Å². The van der Waals surface area contributed by atoms with Gasteiger partial charge in [0.15, 0.2) is 11.5 Å². The second kappa shape index (κ2) is 9.38. The number of amides is 2. The van der Waals surface area contributed by atoms with Gasteiger partial charge in [0.05, 0.1) is 12.4 Å². The van der Waals surface area contributed by atoms with Crippen molar-refractivity contribution in [2.75, 3.05) is 6.61 Å². The third kappa shape index (κ3) is 5.59. The van der Waals surface area contributed by atoms with E-state index in [1.165, 1.54) is 18.6 Å². The van der Waals surface area contributed by atoms with Gasteiger partial charge in [0, 0.05) is 6.07 Å². The summed E-state index contributed by atoms with van der Waals surface area (Å²) in [7, 11) is 0. The van der Waals surface area contributed by atoms with Crippen LogP contribution in [0.25, 0.3) is 0 Å². The number of carbonyl (C=O) groups is 3. The maximum atomic E-state index is 12.6. The number of rotatable bonds is 8. The Hall–Kier alpha value is -2.35. The summed E-state index contributed by atoms with van der Waals surface area (Å²) in [6.45, 7) is 5.94. The van der Waals surface area contributed by atoms with E-state index in [2.05, 4.69) is 10.6 Å². The molecule has 0 spiro atoms. The summed E-state index contributed by atoms with van der Waals surface area (Å²) in [5, 5.41) is 5.28. The highest BCUT2D eigenvalue weighted by molar-refractivity contribution is 5.94. The van der Waals surface area contributed by atoms with Crippen molar-refractivity contribution in [3.8, 4) is 5.75 Å². The number of ketones is 1. The number of hydrogen-bond acceptors (Lipinski definition) is 6. The first kappa shape index (κ1) is 20.0. The molecule has 1 fully saturated rings. The highest BCUT2D eigenvalue weighted by Crippen LogP contribution is 2.15. The summed E-state index contributed by atoms with van der Waals surface area (Å²) in [4.78, 5) is 36.6. The quantitative estimate of drug-likeness (QED) is 0.729. The lowest BCUT2D eigenvalue weighted by Gasteiger charge is -2.22. The van der Waals surface area contributed by atoms with Crippen LogP contribution in [0.15, 0.2) is 23.0 Å². The van der Waals surface area contributed by atoms with Crippen LogP contribution in [0.1, 0.15) is 40.0 Å². The van der Waals surface area contributed by atoms with E-state index in [1.807, 2.05) is 20.8 Å². The zero-order valence-corrected chi connectivity index (χ0v) is 15.3. The number of carbonyl (C=O) groups excluding carboxylic acids is 3. The summed E-state index contributed by atoms with van der Waals surface area (Å²) in [5.74, 6) is 0.0265. The van der Waals surface area contributed by atoms with Gasteiger partial charge in [-0.25, -0.2) is 4.79 Å². The Bertz CT molecular complexity index is 613. The number of furan rings is 1. The van der Waals surface area contributed by atoms with Gasteiger partial charge in [0.2, 0.25) is 5.91 Å². The fourth-order valence-electron chi connectivity index (χ4n) is 2.72. The molecule has 1 saturated heterocycles. The Balaban J connectivity index is 1.99. The molecule has 1 aromatic rings. The van der Waals surface area contributed by atoms with E-state index in [9.17, 15) is 14.4 Å². The van der Waals surface area contributed by atoms with Gasteiger partial charge in [0.25, 0.3) is 0 Å². The summed E-state index contributed by atoms with van der Waals surface area (Å²) >= 11 is 0. The minimum atomic E-state index is -0.803. The molecule has 3 atom stereocenters.